The van der Waals surface area contributed by atoms with Crippen molar-refractivity contribution in [2.24, 2.45) is 5.92 Å². The molecule has 1 aromatic heterocycles. The number of halogens is 1. The molecule has 0 N–H and O–H groups in total. The molecule has 1 aromatic carbocycles. The van der Waals surface area contributed by atoms with E-state index in [0.29, 0.717) is 12.3 Å². The Morgan fingerprint density at radius 1 is 1.10 bits per heavy atom. The Labute approximate surface area is 186 Å². The van der Waals surface area contributed by atoms with Gasteiger partial charge in [-0.15, -0.1) is 0 Å². The molecule has 164 valence electrons. The van der Waals surface area contributed by atoms with Gasteiger partial charge in [-0.05, 0) is 50.3 Å². The van der Waals surface area contributed by atoms with Gasteiger partial charge in [0.1, 0.15) is 0 Å². The summed E-state index contributed by atoms with van der Waals surface area (Å²) in [5.74, 6) is 0.803. The van der Waals surface area contributed by atoms with Crippen molar-refractivity contribution >= 4 is 17.5 Å². The van der Waals surface area contributed by atoms with Crippen LogP contribution in [0, 0.1) is 19.8 Å². The van der Waals surface area contributed by atoms with Crippen molar-refractivity contribution in [3.63, 3.8) is 0 Å². The highest BCUT2D eigenvalue weighted by Crippen LogP contribution is 2.28. The Kier molecular flexibility index (Phi) is 7.59. The van der Waals surface area contributed by atoms with E-state index < -0.39 is 0 Å². The predicted octanol–water partition coefficient (Wildman–Crippen LogP) is 4.65. The van der Waals surface area contributed by atoms with Crippen LogP contribution in [0.4, 0.5) is 0 Å². The second kappa shape index (κ2) is 9.97. The molecular formula is C24H35ClN4O. The maximum atomic E-state index is 12.8. The number of benzene rings is 1. The first-order valence-corrected chi connectivity index (χ1v) is 11.4. The van der Waals surface area contributed by atoms with Gasteiger partial charge in [-0.1, -0.05) is 43.6 Å². The van der Waals surface area contributed by atoms with Crippen molar-refractivity contribution in [3.8, 4) is 0 Å². The Bertz CT molecular complexity index is 868. The lowest BCUT2D eigenvalue weighted by Gasteiger charge is -2.38. The minimum absolute atomic E-state index is 0.246. The summed E-state index contributed by atoms with van der Waals surface area (Å²) in [4.78, 5) is 17.3. The summed E-state index contributed by atoms with van der Waals surface area (Å²) in [6.07, 6.45) is 1.32. The Balaban J connectivity index is 1.53. The molecule has 5 nitrogen and oxygen atoms in total. The third-order valence-electron chi connectivity index (χ3n) is 6.23. The molecule has 0 aliphatic carbocycles. The first-order chi connectivity index (χ1) is 14.3. The smallest absolute Gasteiger partial charge is 0.222 e. The van der Waals surface area contributed by atoms with E-state index in [4.69, 9.17) is 11.6 Å². The summed E-state index contributed by atoms with van der Waals surface area (Å²) in [6, 6.07) is 8.29. The van der Waals surface area contributed by atoms with Gasteiger partial charge in [-0.2, -0.15) is 5.10 Å². The molecule has 0 radical (unpaired) electrons. The van der Waals surface area contributed by atoms with Crippen LogP contribution in [-0.2, 0) is 17.8 Å². The van der Waals surface area contributed by atoms with E-state index in [1.807, 2.05) is 23.1 Å². The highest BCUT2D eigenvalue weighted by atomic mass is 35.5. The molecule has 30 heavy (non-hydrogen) atoms. The topological polar surface area (TPSA) is 41.4 Å². The molecule has 1 aliphatic heterocycles. The van der Waals surface area contributed by atoms with Crippen LogP contribution in [-0.4, -0.2) is 51.7 Å². The lowest BCUT2D eigenvalue weighted by Crippen LogP contribution is -2.49. The lowest BCUT2D eigenvalue weighted by molar-refractivity contribution is -0.133. The van der Waals surface area contributed by atoms with Gasteiger partial charge >= 0.3 is 0 Å². The highest BCUT2D eigenvalue weighted by Gasteiger charge is 2.26. The summed E-state index contributed by atoms with van der Waals surface area (Å²) in [5, 5.41) is 5.49. The van der Waals surface area contributed by atoms with Crippen molar-refractivity contribution in [1.82, 2.24) is 19.6 Å². The van der Waals surface area contributed by atoms with Crippen LogP contribution >= 0.6 is 11.6 Å². The van der Waals surface area contributed by atoms with E-state index in [-0.39, 0.29) is 11.9 Å². The summed E-state index contributed by atoms with van der Waals surface area (Å²) in [7, 11) is 0. The number of rotatable bonds is 7. The summed E-state index contributed by atoms with van der Waals surface area (Å²) < 4.78 is 2.09. The van der Waals surface area contributed by atoms with E-state index in [1.54, 1.807) is 0 Å². The average Bonchev–Trinajstić information content (AvgIpc) is 2.98. The monoisotopic (exact) mass is 430 g/mol. The van der Waals surface area contributed by atoms with Crippen molar-refractivity contribution in [3.05, 3.63) is 51.8 Å². The molecule has 0 bridgehead atoms. The fraction of sp³-hybridized carbons (Fsp3) is 0.583. The summed E-state index contributed by atoms with van der Waals surface area (Å²) >= 11 is 6.37. The zero-order chi connectivity index (χ0) is 21.8. The SMILES string of the molecule is Cc1nn(CC(C)C)c(C)c1CCC(=O)N1CCN(C(C)c2ccccc2Cl)CC1. The molecule has 2 heterocycles. The van der Waals surface area contributed by atoms with Gasteiger partial charge in [0.15, 0.2) is 0 Å². The molecule has 2 aromatic rings. The van der Waals surface area contributed by atoms with E-state index >= 15 is 0 Å². The number of aryl methyl sites for hydroxylation is 1. The number of hydrogen-bond acceptors (Lipinski definition) is 3. The predicted molar refractivity (Wildman–Crippen MR) is 123 cm³/mol. The van der Waals surface area contributed by atoms with Crippen LogP contribution in [0.3, 0.4) is 0 Å². The fourth-order valence-corrected chi connectivity index (χ4v) is 4.67. The first-order valence-electron chi connectivity index (χ1n) is 11.1. The van der Waals surface area contributed by atoms with Gasteiger partial charge in [0.25, 0.3) is 0 Å². The van der Waals surface area contributed by atoms with Crippen LogP contribution < -0.4 is 0 Å². The molecule has 1 unspecified atom stereocenters. The van der Waals surface area contributed by atoms with Crippen molar-refractivity contribution in [1.29, 1.82) is 0 Å². The number of amides is 1. The Morgan fingerprint density at radius 3 is 2.40 bits per heavy atom. The maximum Gasteiger partial charge on any atom is 0.222 e. The number of carbonyl (C=O) groups excluding carboxylic acids is 1. The van der Waals surface area contributed by atoms with Crippen molar-refractivity contribution < 1.29 is 4.79 Å². The standard InChI is InChI=1S/C24H35ClN4O/c1-17(2)16-29-20(5)21(18(3)26-29)10-11-24(30)28-14-12-27(13-15-28)19(4)22-8-6-7-9-23(22)25/h6-9,17,19H,10-16H2,1-5H3. The van der Waals surface area contributed by atoms with Crippen LogP contribution in [0.15, 0.2) is 24.3 Å². The van der Waals surface area contributed by atoms with Gasteiger partial charge in [-0.25, -0.2) is 0 Å². The second-order valence-electron chi connectivity index (χ2n) is 8.84. The summed E-state index contributed by atoms with van der Waals surface area (Å²) in [5.41, 5.74) is 4.64. The molecule has 1 aliphatic rings. The van der Waals surface area contributed by atoms with Crippen LogP contribution in [0.5, 0.6) is 0 Å². The van der Waals surface area contributed by atoms with Crippen LogP contribution in [0.25, 0.3) is 0 Å². The van der Waals surface area contributed by atoms with E-state index in [2.05, 4.69) is 55.4 Å². The van der Waals surface area contributed by atoms with Gasteiger partial charge in [-0.3, -0.25) is 14.4 Å². The largest absolute Gasteiger partial charge is 0.340 e. The molecule has 6 heteroatoms. The van der Waals surface area contributed by atoms with E-state index in [9.17, 15) is 4.79 Å². The number of hydrogen-bond donors (Lipinski definition) is 0. The zero-order valence-corrected chi connectivity index (χ0v) is 19.7. The minimum Gasteiger partial charge on any atom is -0.340 e. The quantitative estimate of drug-likeness (QED) is 0.642. The molecular weight excluding hydrogens is 396 g/mol. The minimum atomic E-state index is 0.246. The number of piperazine rings is 1. The third kappa shape index (κ3) is 5.25. The Hall–Kier alpha value is -1.85. The lowest BCUT2D eigenvalue weighted by atomic mass is 10.1. The first kappa shape index (κ1) is 22.8. The second-order valence-corrected chi connectivity index (χ2v) is 9.25. The zero-order valence-electron chi connectivity index (χ0n) is 19.0. The van der Waals surface area contributed by atoms with Gasteiger partial charge in [0, 0.05) is 55.9 Å². The average molecular weight is 431 g/mol. The summed E-state index contributed by atoms with van der Waals surface area (Å²) in [6.45, 7) is 15.0. The molecule has 0 saturated carbocycles. The molecule has 3 rings (SSSR count). The van der Waals surface area contributed by atoms with Crippen molar-refractivity contribution in [2.45, 2.75) is 60.0 Å². The number of nitrogens with zero attached hydrogens (tertiary/aromatic N) is 4. The number of aromatic nitrogens is 2. The van der Waals surface area contributed by atoms with Gasteiger partial charge < -0.3 is 4.90 Å². The maximum absolute atomic E-state index is 12.8. The number of carbonyl (C=O) groups is 1. The fourth-order valence-electron chi connectivity index (χ4n) is 4.38. The van der Waals surface area contributed by atoms with Gasteiger partial charge in [0.2, 0.25) is 5.91 Å². The molecule has 1 atom stereocenters. The van der Waals surface area contributed by atoms with Gasteiger partial charge in [0.05, 0.1) is 5.69 Å². The molecule has 1 amide bonds. The van der Waals surface area contributed by atoms with Crippen LogP contribution in [0.1, 0.15) is 55.7 Å². The molecule has 1 saturated heterocycles. The Morgan fingerprint density at radius 2 is 1.77 bits per heavy atom. The van der Waals surface area contributed by atoms with Crippen molar-refractivity contribution in [2.75, 3.05) is 26.2 Å². The molecule has 0 spiro atoms. The molecule has 1 fully saturated rings. The normalized spacial score (nSPS) is 16.3. The van der Waals surface area contributed by atoms with E-state index in [0.717, 1.165) is 55.4 Å². The third-order valence-corrected chi connectivity index (χ3v) is 6.57. The van der Waals surface area contributed by atoms with Crippen LogP contribution in [0.2, 0.25) is 5.02 Å². The van der Waals surface area contributed by atoms with E-state index in [1.165, 1.54) is 11.3 Å². The highest BCUT2D eigenvalue weighted by molar-refractivity contribution is 6.31.